The Labute approximate surface area is 124 Å². The van der Waals surface area contributed by atoms with Crippen LogP contribution in [0, 0.1) is 12.7 Å². The fraction of sp³-hybridized carbons (Fsp3) is 0.278. The van der Waals surface area contributed by atoms with Gasteiger partial charge in [-0.1, -0.05) is 42.0 Å². The quantitative estimate of drug-likeness (QED) is 0.789. The summed E-state index contributed by atoms with van der Waals surface area (Å²) in [5, 5.41) is 0. The molecule has 3 heteroatoms. The van der Waals surface area contributed by atoms with E-state index in [1.165, 1.54) is 19.1 Å². The van der Waals surface area contributed by atoms with E-state index in [0.29, 0.717) is 6.42 Å². The van der Waals surface area contributed by atoms with Crippen molar-refractivity contribution < 1.29 is 13.9 Å². The molecule has 2 aromatic carbocycles. The first-order valence-corrected chi connectivity index (χ1v) is 6.90. The molecule has 0 fully saturated rings. The van der Waals surface area contributed by atoms with E-state index in [0.717, 1.165) is 16.7 Å². The minimum absolute atomic E-state index is 0.275. The summed E-state index contributed by atoms with van der Waals surface area (Å²) in [5.74, 6) is -0.608. The summed E-state index contributed by atoms with van der Waals surface area (Å²) in [6.07, 6.45) is 0.496. The summed E-state index contributed by atoms with van der Waals surface area (Å²) < 4.78 is 18.6. The van der Waals surface area contributed by atoms with Crippen LogP contribution in [-0.4, -0.2) is 5.97 Å². The third-order valence-electron chi connectivity index (χ3n) is 3.49. The van der Waals surface area contributed by atoms with Crippen molar-refractivity contribution in [1.29, 1.82) is 0 Å². The first kappa shape index (κ1) is 15.2. The summed E-state index contributed by atoms with van der Waals surface area (Å²) in [6, 6.07) is 14.2. The molecule has 0 saturated heterocycles. The van der Waals surface area contributed by atoms with Crippen LogP contribution >= 0.6 is 0 Å². The van der Waals surface area contributed by atoms with E-state index in [-0.39, 0.29) is 11.8 Å². The average molecular weight is 286 g/mol. The van der Waals surface area contributed by atoms with Crippen LogP contribution in [0.4, 0.5) is 4.39 Å². The van der Waals surface area contributed by atoms with Gasteiger partial charge in [-0.3, -0.25) is 4.79 Å². The van der Waals surface area contributed by atoms with Crippen LogP contribution in [0.2, 0.25) is 0 Å². The molecule has 0 heterocycles. The lowest BCUT2D eigenvalue weighted by molar-refractivity contribution is -0.156. The van der Waals surface area contributed by atoms with Gasteiger partial charge in [0.2, 0.25) is 0 Å². The molecule has 2 nitrogen and oxygen atoms in total. The maximum absolute atomic E-state index is 13.0. The Bertz CT molecular complexity index is 617. The molecule has 0 aromatic heterocycles. The number of benzene rings is 2. The molecule has 0 aliphatic rings. The summed E-state index contributed by atoms with van der Waals surface area (Å²) in [4.78, 5) is 11.5. The molecule has 110 valence electrons. The van der Waals surface area contributed by atoms with Gasteiger partial charge < -0.3 is 4.74 Å². The molecule has 0 radical (unpaired) electrons. The van der Waals surface area contributed by atoms with Crippen LogP contribution in [0.1, 0.15) is 30.5 Å². The molecular formula is C18H19FO2. The number of hydrogen-bond donors (Lipinski definition) is 0. The minimum Gasteiger partial charge on any atom is -0.454 e. The number of esters is 1. The van der Waals surface area contributed by atoms with Crippen molar-refractivity contribution in [2.45, 2.75) is 32.8 Å². The van der Waals surface area contributed by atoms with E-state index in [1.807, 2.05) is 38.1 Å². The van der Waals surface area contributed by atoms with Gasteiger partial charge in [-0.05, 0) is 37.1 Å². The van der Waals surface area contributed by atoms with Gasteiger partial charge in [-0.25, -0.2) is 4.39 Å². The standard InChI is InChI=1S/C18H19FO2/c1-13-4-8-16(9-5-13)18(3,21-14(2)20)12-15-6-10-17(19)11-7-15/h4-11H,12H2,1-3H3. The lowest BCUT2D eigenvalue weighted by atomic mass is 9.88. The van der Waals surface area contributed by atoms with Gasteiger partial charge in [-0.2, -0.15) is 0 Å². The first-order valence-electron chi connectivity index (χ1n) is 6.90. The van der Waals surface area contributed by atoms with Crippen LogP contribution < -0.4 is 0 Å². The highest BCUT2D eigenvalue weighted by Gasteiger charge is 2.30. The molecule has 0 bridgehead atoms. The molecule has 0 aliphatic carbocycles. The lowest BCUT2D eigenvalue weighted by Gasteiger charge is -2.30. The molecule has 0 N–H and O–H groups in total. The Kier molecular flexibility index (Phi) is 4.41. The van der Waals surface area contributed by atoms with Crippen molar-refractivity contribution >= 4 is 5.97 Å². The zero-order valence-electron chi connectivity index (χ0n) is 12.5. The van der Waals surface area contributed by atoms with Crippen molar-refractivity contribution in [1.82, 2.24) is 0 Å². The predicted octanol–water partition coefficient (Wildman–Crippen LogP) is 4.16. The van der Waals surface area contributed by atoms with Crippen molar-refractivity contribution in [3.8, 4) is 0 Å². The van der Waals surface area contributed by atoms with Gasteiger partial charge in [0.15, 0.2) is 0 Å². The maximum Gasteiger partial charge on any atom is 0.303 e. The van der Waals surface area contributed by atoms with E-state index in [4.69, 9.17) is 4.74 Å². The zero-order valence-corrected chi connectivity index (χ0v) is 12.5. The van der Waals surface area contributed by atoms with Crippen molar-refractivity contribution in [3.63, 3.8) is 0 Å². The lowest BCUT2D eigenvalue weighted by Crippen LogP contribution is -2.30. The van der Waals surface area contributed by atoms with Crippen molar-refractivity contribution in [3.05, 3.63) is 71.0 Å². The Balaban J connectivity index is 2.34. The maximum atomic E-state index is 13.0. The molecule has 0 saturated carbocycles. The Morgan fingerprint density at radius 1 is 1.10 bits per heavy atom. The van der Waals surface area contributed by atoms with Gasteiger partial charge in [0.05, 0.1) is 0 Å². The van der Waals surface area contributed by atoms with E-state index in [9.17, 15) is 9.18 Å². The van der Waals surface area contributed by atoms with E-state index in [1.54, 1.807) is 12.1 Å². The number of carbonyl (C=O) groups excluding carboxylic acids is 1. The number of ether oxygens (including phenoxy) is 1. The number of carbonyl (C=O) groups is 1. The molecule has 0 amide bonds. The molecule has 0 spiro atoms. The van der Waals surface area contributed by atoms with Crippen LogP contribution in [0.25, 0.3) is 0 Å². The predicted molar refractivity (Wildman–Crippen MR) is 80.4 cm³/mol. The second kappa shape index (κ2) is 6.08. The fourth-order valence-electron chi connectivity index (χ4n) is 2.41. The normalized spacial score (nSPS) is 13.5. The van der Waals surface area contributed by atoms with Gasteiger partial charge in [0, 0.05) is 13.3 Å². The molecular weight excluding hydrogens is 267 g/mol. The highest BCUT2D eigenvalue weighted by molar-refractivity contribution is 5.67. The van der Waals surface area contributed by atoms with Crippen LogP contribution in [0.3, 0.4) is 0 Å². The molecule has 21 heavy (non-hydrogen) atoms. The number of aryl methyl sites for hydroxylation is 1. The monoisotopic (exact) mass is 286 g/mol. The number of hydrogen-bond acceptors (Lipinski definition) is 2. The van der Waals surface area contributed by atoms with Crippen LogP contribution in [-0.2, 0) is 21.6 Å². The fourth-order valence-corrected chi connectivity index (χ4v) is 2.41. The SMILES string of the molecule is CC(=O)OC(C)(Cc1ccc(F)cc1)c1ccc(C)cc1. The van der Waals surface area contributed by atoms with Crippen molar-refractivity contribution in [2.24, 2.45) is 0 Å². The summed E-state index contributed by atoms with van der Waals surface area (Å²) in [5.41, 5.74) is 2.22. The van der Waals surface area contributed by atoms with Gasteiger partial charge in [-0.15, -0.1) is 0 Å². The molecule has 1 atom stereocenters. The third-order valence-corrected chi connectivity index (χ3v) is 3.49. The first-order chi connectivity index (χ1) is 9.89. The highest BCUT2D eigenvalue weighted by Crippen LogP contribution is 2.30. The van der Waals surface area contributed by atoms with Gasteiger partial charge in [0.25, 0.3) is 0 Å². The van der Waals surface area contributed by atoms with E-state index < -0.39 is 5.60 Å². The number of halogens is 1. The molecule has 0 aliphatic heterocycles. The third kappa shape index (κ3) is 3.91. The molecule has 2 rings (SSSR count). The summed E-state index contributed by atoms with van der Waals surface area (Å²) in [7, 11) is 0. The average Bonchev–Trinajstić information content (AvgIpc) is 2.41. The van der Waals surface area contributed by atoms with E-state index >= 15 is 0 Å². The Morgan fingerprint density at radius 2 is 1.67 bits per heavy atom. The second-order valence-corrected chi connectivity index (χ2v) is 5.49. The zero-order chi connectivity index (χ0) is 15.5. The molecule has 1 unspecified atom stereocenters. The topological polar surface area (TPSA) is 26.3 Å². The van der Waals surface area contributed by atoms with Gasteiger partial charge in [0.1, 0.15) is 11.4 Å². The van der Waals surface area contributed by atoms with E-state index in [2.05, 4.69) is 0 Å². The highest BCUT2D eigenvalue weighted by atomic mass is 19.1. The Hall–Kier alpha value is -2.16. The van der Waals surface area contributed by atoms with Crippen molar-refractivity contribution in [2.75, 3.05) is 0 Å². The smallest absolute Gasteiger partial charge is 0.303 e. The summed E-state index contributed by atoms with van der Waals surface area (Å²) in [6.45, 7) is 5.28. The van der Waals surface area contributed by atoms with Gasteiger partial charge >= 0.3 is 5.97 Å². The minimum atomic E-state index is -0.767. The summed E-state index contributed by atoms with van der Waals surface area (Å²) >= 11 is 0. The Morgan fingerprint density at radius 3 is 2.19 bits per heavy atom. The molecule has 2 aromatic rings. The number of rotatable bonds is 4. The largest absolute Gasteiger partial charge is 0.454 e. The van der Waals surface area contributed by atoms with Crippen LogP contribution in [0.15, 0.2) is 48.5 Å². The van der Waals surface area contributed by atoms with Crippen LogP contribution in [0.5, 0.6) is 0 Å². The second-order valence-electron chi connectivity index (χ2n) is 5.49.